The van der Waals surface area contributed by atoms with E-state index in [2.05, 4.69) is 54.6 Å². The summed E-state index contributed by atoms with van der Waals surface area (Å²) < 4.78 is 1.95. The molecule has 20 heavy (non-hydrogen) atoms. The number of aromatic nitrogens is 2. The number of anilines is 1. The van der Waals surface area contributed by atoms with E-state index in [0.29, 0.717) is 0 Å². The average molecular weight is 273 g/mol. The van der Waals surface area contributed by atoms with Gasteiger partial charge in [0.05, 0.1) is 5.69 Å². The molecule has 0 saturated carbocycles. The maximum Gasteiger partial charge on any atom is 0.148 e. The highest BCUT2D eigenvalue weighted by Gasteiger charge is 2.05. The molecule has 0 aliphatic heterocycles. The van der Waals surface area contributed by atoms with Gasteiger partial charge < -0.3 is 10.4 Å². The topological polar surface area (TPSA) is 50.1 Å². The minimum atomic E-state index is 0.279. The standard InChI is InChI=1S/C16H23N3O/c1-13-6-8-15(9-7-13)19-14(2)12-16(18-19)17-10-4-3-5-11-20/h6-9,12,20H,3-5,10-11H2,1-2H3,(H,17,18). The number of aliphatic hydroxyl groups excluding tert-OH is 1. The highest BCUT2D eigenvalue weighted by Crippen LogP contribution is 2.15. The maximum atomic E-state index is 8.73. The van der Waals surface area contributed by atoms with Crippen molar-refractivity contribution < 1.29 is 5.11 Å². The second kappa shape index (κ2) is 7.10. The Morgan fingerprint density at radius 1 is 1.10 bits per heavy atom. The van der Waals surface area contributed by atoms with Crippen molar-refractivity contribution in [2.45, 2.75) is 33.1 Å². The number of nitrogens with one attached hydrogen (secondary N) is 1. The van der Waals surface area contributed by atoms with Gasteiger partial charge in [0, 0.05) is 24.9 Å². The van der Waals surface area contributed by atoms with Gasteiger partial charge in [0.25, 0.3) is 0 Å². The van der Waals surface area contributed by atoms with E-state index in [4.69, 9.17) is 5.11 Å². The molecule has 0 radical (unpaired) electrons. The van der Waals surface area contributed by atoms with Crippen LogP contribution in [-0.2, 0) is 0 Å². The van der Waals surface area contributed by atoms with Gasteiger partial charge in [-0.2, -0.15) is 5.10 Å². The highest BCUT2D eigenvalue weighted by atomic mass is 16.2. The molecule has 0 fully saturated rings. The van der Waals surface area contributed by atoms with E-state index in [0.717, 1.165) is 43.0 Å². The number of aryl methyl sites for hydroxylation is 2. The first-order chi connectivity index (χ1) is 9.70. The molecule has 108 valence electrons. The zero-order chi connectivity index (χ0) is 14.4. The van der Waals surface area contributed by atoms with Crippen LogP contribution < -0.4 is 5.32 Å². The lowest BCUT2D eigenvalue weighted by Gasteiger charge is -2.04. The molecule has 4 heteroatoms. The van der Waals surface area contributed by atoms with Crippen LogP contribution in [0.25, 0.3) is 5.69 Å². The molecular weight excluding hydrogens is 250 g/mol. The van der Waals surface area contributed by atoms with Crippen molar-refractivity contribution in [1.29, 1.82) is 0 Å². The van der Waals surface area contributed by atoms with Crippen LogP contribution >= 0.6 is 0 Å². The molecule has 1 heterocycles. The summed E-state index contributed by atoms with van der Waals surface area (Å²) in [5.41, 5.74) is 3.45. The number of unbranched alkanes of at least 4 members (excludes halogenated alkanes) is 2. The monoisotopic (exact) mass is 273 g/mol. The molecule has 0 spiro atoms. The van der Waals surface area contributed by atoms with Crippen molar-refractivity contribution in [3.05, 3.63) is 41.6 Å². The van der Waals surface area contributed by atoms with Crippen molar-refractivity contribution in [2.75, 3.05) is 18.5 Å². The molecule has 0 aliphatic carbocycles. The first-order valence-electron chi connectivity index (χ1n) is 7.19. The van der Waals surface area contributed by atoms with E-state index < -0.39 is 0 Å². The van der Waals surface area contributed by atoms with Crippen LogP contribution in [0.1, 0.15) is 30.5 Å². The SMILES string of the molecule is Cc1ccc(-n2nc(NCCCCCO)cc2C)cc1. The van der Waals surface area contributed by atoms with E-state index in [1.807, 2.05) is 4.68 Å². The van der Waals surface area contributed by atoms with Crippen LogP contribution in [0, 0.1) is 13.8 Å². The zero-order valence-corrected chi connectivity index (χ0v) is 12.3. The lowest BCUT2D eigenvalue weighted by atomic mass is 10.2. The number of rotatable bonds is 7. The first-order valence-corrected chi connectivity index (χ1v) is 7.19. The molecule has 4 nitrogen and oxygen atoms in total. The summed E-state index contributed by atoms with van der Waals surface area (Å²) in [7, 11) is 0. The molecule has 1 aromatic heterocycles. The van der Waals surface area contributed by atoms with Crippen molar-refractivity contribution in [3.63, 3.8) is 0 Å². The minimum Gasteiger partial charge on any atom is -0.396 e. The second-order valence-corrected chi connectivity index (χ2v) is 5.13. The highest BCUT2D eigenvalue weighted by molar-refractivity contribution is 5.42. The summed E-state index contributed by atoms with van der Waals surface area (Å²) in [5, 5.41) is 16.6. The van der Waals surface area contributed by atoms with Gasteiger partial charge in [-0.25, -0.2) is 4.68 Å². The summed E-state index contributed by atoms with van der Waals surface area (Å²) in [4.78, 5) is 0. The van der Waals surface area contributed by atoms with Gasteiger partial charge in [-0.3, -0.25) is 0 Å². The number of aliphatic hydroxyl groups is 1. The van der Waals surface area contributed by atoms with Gasteiger partial charge in [-0.05, 0) is 45.2 Å². The fourth-order valence-electron chi connectivity index (χ4n) is 2.14. The third kappa shape index (κ3) is 3.84. The summed E-state index contributed by atoms with van der Waals surface area (Å²) in [5.74, 6) is 0.909. The van der Waals surface area contributed by atoms with E-state index in [1.54, 1.807) is 0 Å². The van der Waals surface area contributed by atoms with Crippen LogP contribution in [0.5, 0.6) is 0 Å². The Labute approximate surface area is 120 Å². The van der Waals surface area contributed by atoms with Crippen LogP contribution in [0.4, 0.5) is 5.82 Å². The molecule has 2 N–H and O–H groups in total. The summed E-state index contributed by atoms with van der Waals surface area (Å²) in [6.45, 7) is 5.31. The zero-order valence-electron chi connectivity index (χ0n) is 12.3. The molecule has 0 aliphatic rings. The minimum absolute atomic E-state index is 0.279. The fraction of sp³-hybridized carbons (Fsp3) is 0.438. The number of benzene rings is 1. The Balaban J connectivity index is 1.97. The molecule has 2 aromatic rings. The lowest BCUT2D eigenvalue weighted by molar-refractivity contribution is 0.283. The Hall–Kier alpha value is -1.81. The summed E-state index contributed by atoms with van der Waals surface area (Å²) in [6.07, 6.45) is 2.97. The Morgan fingerprint density at radius 3 is 2.55 bits per heavy atom. The van der Waals surface area contributed by atoms with Crippen molar-refractivity contribution >= 4 is 5.82 Å². The van der Waals surface area contributed by atoms with Gasteiger partial charge in [0.1, 0.15) is 5.82 Å². The Morgan fingerprint density at radius 2 is 1.85 bits per heavy atom. The average Bonchev–Trinajstić information content (AvgIpc) is 2.81. The van der Waals surface area contributed by atoms with Crippen LogP contribution in [0.15, 0.2) is 30.3 Å². The quantitative estimate of drug-likeness (QED) is 0.762. The van der Waals surface area contributed by atoms with Gasteiger partial charge in [0.2, 0.25) is 0 Å². The van der Waals surface area contributed by atoms with Crippen molar-refractivity contribution in [3.8, 4) is 5.69 Å². The van der Waals surface area contributed by atoms with Gasteiger partial charge >= 0.3 is 0 Å². The number of hydrogen-bond donors (Lipinski definition) is 2. The van der Waals surface area contributed by atoms with E-state index in [-0.39, 0.29) is 6.61 Å². The van der Waals surface area contributed by atoms with Gasteiger partial charge in [0.15, 0.2) is 0 Å². The third-order valence-corrected chi connectivity index (χ3v) is 3.31. The maximum absolute atomic E-state index is 8.73. The Kier molecular flexibility index (Phi) is 5.18. The molecule has 0 unspecified atom stereocenters. The molecule has 1 aromatic carbocycles. The lowest BCUT2D eigenvalue weighted by Crippen LogP contribution is -2.04. The largest absolute Gasteiger partial charge is 0.396 e. The predicted octanol–water partition coefficient (Wildman–Crippen LogP) is 3.06. The molecule has 0 atom stereocenters. The third-order valence-electron chi connectivity index (χ3n) is 3.31. The number of nitrogens with zero attached hydrogens (tertiary/aromatic N) is 2. The predicted molar refractivity (Wildman–Crippen MR) is 82.5 cm³/mol. The van der Waals surface area contributed by atoms with Crippen molar-refractivity contribution in [1.82, 2.24) is 9.78 Å². The fourth-order valence-corrected chi connectivity index (χ4v) is 2.14. The van der Waals surface area contributed by atoms with Crippen LogP contribution in [0.3, 0.4) is 0 Å². The summed E-state index contributed by atoms with van der Waals surface area (Å²) >= 11 is 0. The van der Waals surface area contributed by atoms with Gasteiger partial charge in [-0.15, -0.1) is 0 Å². The number of hydrogen-bond acceptors (Lipinski definition) is 3. The normalized spacial score (nSPS) is 10.8. The van der Waals surface area contributed by atoms with Gasteiger partial charge in [-0.1, -0.05) is 17.7 Å². The van der Waals surface area contributed by atoms with E-state index in [9.17, 15) is 0 Å². The smallest absolute Gasteiger partial charge is 0.148 e. The van der Waals surface area contributed by atoms with Crippen molar-refractivity contribution in [2.24, 2.45) is 0 Å². The Bertz CT molecular complexity index is 531. The molecule has 2 rings (SSSR count). The molecule has 0 bridgehead atoms. The molecule has 0 saturated heterocycles. The first kappa shape index (κ1) is 14.6. The molecule has 0 amide bonds. The second-order valence-electron chi connectivity index (χ2n) is 5.13. The van der Waals surface area contributed by atoms with Crippen LogP contribution in [-0.4, -0.2) is 28.0 Å². The van der Waals surface area contributed by atoms with E-state index >= 15 is 0 Å². The van der Waals surface area contributed by atoms with E-state index in [1.165, 1.54) is 5.56 Å². The molecular formula is C16H23N3O. The summed E-state index contributed by atoms with van der Waals surface area (Å²) in [6, 6.07) is 10.4. The van der Waals surface area contributed by atoms with Crippen LogP contribution in [0.2, 0.25) is 0 Å².